The highest BCUT2D eigenvalue weighted by Crippen LogP contribution is 2.71. The highest BCUT2D eigenvalue weighted by molar-refractivity contribution is 7.16. The fourth-order valence-corrected chi connectivity index (χ4v) is 8.20. The molecule has 0 spiro atoms. The van der Waals surface area contributed by atoms with Crippen LogP contribution in [0.1, 0.15) is 72.6 Å². The van der Waals surface area contributed by atoms with Gasteiger partial charge in [0, 0.05) is 18.3 Å². The van der Waals surface area contributed by atoms with Crippen molar-refractivity contribution in [1.29, 1.82) is 0 Å². The van der Waals surface area contributed by atoms with Crippen LogP contribution in [-0.2, 0) is 14.2 Å². The lowest BCUT2D eigenvalue weighted by Crippen LogP contribution is -2.83. The molecule has 126 valence electrons. The van der Waals surface area contributed by atoms with Crippen molar-refractivity contribution in [2.75, 3.05) is 6.16 Å². The third-order valence-electron chi connectivity index (χ3n) is 7.14. The summed E-state index contributed by atoms with van der Waals surface area (Å²) in [5.41, 5.74) is -0.249. The van der Waals surface area contributed by atoms with Crippen LogP contribution in [0.15, 0.2) is 0 Å². The number of hydrogen-bond donors (Lipinski definition) is 0. The summed E-state index contributed by atoms with van der Waals surface area (Å²) < 4.78 is 19.5. The Kier molecular flexibility index (Phi) is 3.22. The van der Waals surface area contributed by atoms with Crippen LogP contribution in [-0.4, -0.2) is 28.9 Å². The minimum Gasteiger partial charge on any atom is -0.343 e. The summed E-state index contributed by atoms with van der Waals surface area (Å²) in [5, 5.41) is 0. The topological polar surface area (TPSA) is 27.7 Å². The first-order valence-electron chi connectivity index (χ1n) is 9.01. The lowest BCUT2D eigenvalue weighted by molar-refractivity contribution is -0.548. The van der Waals surface area contributed by atoms with Gasteiger partial charge in [-0.3, -0.25) is 0 Å². The number of ether oxygens (including phenoxy) is 3. The van der Waals surface area contributed by atoms with Gasteiger partial charge in [-0.15, -0.1) is 9.24 Å². The van der Waals surface area contributed by atoms with Crippen LogP contribution in [0.2, 0.25) is 0 Å². The fraction of sp³-hybridized carbons (Fsp3) is 1.00. The Labute approximate surface area is 137 Å². The van der Waals surface area contributed by atoms with Gasteiger partial charge in [0.1, 0.15) is 0 Å². The number of rotatable bonds is 2. The Hall–Kier alpha value is 0.310. The highest BCUT2D eigenvalue weighted by Gasteiger charge is 2.78. The maximum Gasteiger partial charge on any atom is 0.172 e. The van der Waals surface area contributed by atoms with Crippen molar-refractivity contribution in [3.63, 3.8) is 0 Å². The van der Waals surface area contributed by atoms with E-state index in [9.17, 15) is 0 Å². The summed E-state index contributed by atoms with van der Waals surface area (Å²) in [5.74, 6) is -0.291. The molecule has 0 aromatic rings. The van der Waals surface area contributed by atoms with E-state index < -0.39 is 11.6 Å². The van der Waals surface area contributed by atoms with Gasteiger partial charge in [0.15, 0.2) is 11.6 Å². The average molecular weight is 326 g/mol. The van der Waals surface area contributed by atoms with Crippen molar-refractivity contribution >= 4 is 9.24 Å². The second-order valence-electron chi connectivity index (χ2n) is 8.90. The first-order valence-corrected chi connectivity index (χ1v) is 9.82. The van der Waals surface area contributed by atoms with E-state index in [1.54, 1.807) is 0 Å². The smallest absolute Gasteiger partial charge is 0.172 e. The van der Waals surface area contributed by atoms with Gasteiger partial charge in [-0.2, -0.15) is 0 Å². The molecule has 4 saturated heterocycles. The maximum absolute atomic E-state index is 6.67. The second kappa shape index (κ2) is 4.48. The van der Waals surface area contributed by atoms with Gasteiger partial charge in [-0.1, -0.05) is 19.3 Å². The molecule has 1 saturated carbocycles. The number of hydrogen-bond acceptors (Lipinski definition) is 3. The summed E-state index contributed by atoms with van der Waals surface area (Å²) in [6.07, 6.45) is 9.48. The molecule has 5 aliphatic rings. The fourth-order valence-electron chi connectivity index (χ4n) is 7.01. The molecule has 0 N–H and O–H groups in total. The summed E-state index contributed by atoms with van der Waals surface area (Å²) >= 11 is 0. The van der Waals surface area contributed by atoms with Gasteiger partial charge >= 0.3 is 0 Å². The van der Waals surface area contributed by atoms with E-state index in [0.29, 0.717) is 5.92 Å². The summed E-state index contributed by atoms with van der Waals surface area (Å²) in [7, 11) is 3.04. The van der Waals surface area contributed by atoms with Gasteiger partial charge in [-0.25, -0.2) is 0 Å². The van der Waals surface area contributed by atoms with Gasteiger partial charge in [0.2, 0.25) is 0 Å². The lowest BCUT2D eigenvalue weighted by Gasteiger charge is -2.76. The first-order chi connectivity index (χ1) is 10.2. The van der Waals surface area contributed by atoms with Crippen LogP contribution in [0, 0.1) is 11.3 Å². The Bertz CT molecular complexity index is 441. The minimum atomic E-state index is -0.493. The minimum absolute atomic E-state index is 0.0773. The molecule has 0 radical (unpaired) electrons. The van der Waals surface area contributed by atoms with Crippen LogP contribution in [0.4, 0.5) is 0 Å². The highest BCUT2D eigenvalue weighted by atomic mass is 31.0. The van der Waals surface area contributed by atoms with Crippen molar-refractivity contribution in [3.8, 4) is 0 Å². The molecule has 4 aliphatic heterocycles. The Morgan fingerprint density at radius 1 is 0.818 bits per heavy atom. The zero-order valence-electron chi connectivity index (χ0n) is 14.5. The molecule has 5 atom stereocenters. The average Bonchev–Trinajstić information content (AvgIpc) is 2.35. The Morgan fingerprint density at radius 3 is 1.77 bits per heavy atom. The molecule has 1 aliphatic carbocycles. The van der Waals surface area contributed by atoms with Gasteiger partial charge in [0.05, 0.1) is 11.2 Å². The van der Waals surface area contributed by atoms with Crippen molar-refractivity contribution in [2.45, 2.75) is 95.4 Å². The molecular weight excluding hydrogens is 295 g/mol. The summed E-state index contributed by atoms with van der Waals surface area (Å²) in [6.45, 7) is 8.89. The van der Waals surface area contributed by atoms with Crippen molar-refractivity contribution < 1.29 is 14.2 Å². The van der Waals surface area contributed by atoms with Gasteiger partial charge in [-0.05, 0) is 52.6 Å². The zero-order valence-corrected chi connectivity index (χ0v) is 15.7. The molecule has 0 aromatic heterocycles. The van der Waals surface area contributed by atoms with Gasteiger partial charge < -0.3 is 14.2 Å². The van der Waals surface area contributed by atoms with E-state index in [0.717, 1.165) is 19.0 Å². The van der Waals surface area contributed by atoms with Crippen LogP contribution in [0.25, 0.3) is 0 Å². The van der Waals surface area contributed by atoms with Crippen molar-refractivity contribution in [1.82, 2.24) is 0 Å². The monoisotopic (exact) mass is 326 g/mol. The summed E-state index contributed by atoms with van der Waals surface area (Å²) in [6, 6.07) is 0. The van der Waals surface area contributed by atoms with E-state index in [4.69, 9.17) is 14.2 Å². The molecule has 5 unspecified atom stereocenters. The molecular formula is C18H31O3P. The molecule has 0 amide bonds. The Balaban J connectivity index is 1.85. The quantitative estimate of drug-likeness (QED) is 0.710. The summed E-state index contributed by atoms with van der Waals surface area (Å²) in [4.78, 5) is 0. The normalized spacial score (nSPS) is 58.2. The van der Waals surface area contributed by atoms with Crippen LogP contribution in [0.5, 0.6) is 0 Å². The Morgan fingerprint density at radius 2 is 1.32 bits per heavy atom. The van der Waals surface area contributed by atoms with E-state index in [1.807, 2.05) is 0 Å². The van der Waals surface area contributed by atoms with E-state index in [1.165, 1.54) is 32.1 Å². The predicted molar refractivity (Wildman–Crippen MR) is 89.7 cm³/mol. The third kappa shape index (κ3) is 1.78. The zero-order chi connectivity index (χ0) is 15.9. The van der Waals surface area contributed by atoms with E-state index >= 15 is 0 Å². The largest absolute Gasteiger partial charge is 0.343 e. The molecule has 22 heavy (non-hydrogen) atoms. The first kappa shape index (κ1) is 15.8. The van der Waals surface area contributed by atoms with Gasteiger partial charge in [0.25, 0.3) is 0 Å². The van der Waals surface area contributed by atoms with Crippen LogP contribution in [0.3, 0.4) is 0 Å². The van der Waals surface area contributed by atoms with E-state index in [2.05, 4.69) is 36.9 Å². The molecule has 4 heteroatoms. The van der Waals surface area contributed by atoms with Crippen molar-refractivity contribution in [2.24, 2.45) is 11.3 Å². The molecule has 5 rings (SSSR count). The molecule has 4 heterocycles. The lowest BCUT2D eigenvalue weighted by atomic mass is 9.48. The van der Waals surface area contributed by atoms with Crippen molar-refractivity contribution in [3.05, 3.63) is 0 Å². The van der Waals surface area contributed by atoms with Crippen LogP contribution < -0.4 is 0 Å². The maximum atomic E-state index is 6.67. The van der Waals surface area contributed by atoms with E-state index in [-0.39, 0.29) is 16.6 Å². The molecule has 0 aromatic carbocycles. The molecule has 3 nitrogen and oxygen atoms in total. The third-order valence-corrected chi connectivity index (χ3v) is 7.79. The molecule has 5 fully saturated rings. The standard InChI is InChI=1S/C18H31O3P/c1-14-10-16(3)20-15(2,11-17(4,19-14)21-16)18(14,12-22)13-8-6-5-7-9-13/h13H,5-12,22H2,1-4H3. The predicted octanol–water partition coefficient (Wildman–Crippen LogP) is 4.25. The van der Waals surface area contributed by atoms with Crippen LogP contribution >= 0.6 is 9.24 Å². The molecule has 4 bridgehead atoms. The SMILES string of the molecule is CC12CC3(C)OC(C)(CC(C)(O1)C3(CP)C1CCCCC1)O2. The second-order valence-corrected chi connectivity index (χ2v) is 9.31.